The molecule has 9 heteroatoms. The smallest absolute Gasteiger partial charge is 0.256 e. The van der Waals surface area contributed by atoms with Crippen LogP contribution in [-0.2, 0) is 22.9 Å². The van der Waals surface area contributed by atoms with E-state index >= 15 is 0 Å². The predicted octanol–water partition coefficient (Wildman–Crippen LogP) is 3.40. The molecule has 2 aliphatic rings. The maximum absolute atomic E-state index is 12.8. The van der Waals surface area contributed by atoms with E-state index in [1.165, 1.54) is 39.9 Å². The molecule has 0 unspecified atom stereocenters. The van der Waals surface area contributed by atoms with Crippen molar-refractivity contribution in [3.8, 4) is 0 Å². The van der Waals surface area contributed by atoms with E-state index in [1.807, 2.05) is 0 Å². The molecule has 1 fully saturated rings. The Morgan fingerprint density at radius 3 is 2.45 bits per heavy atom. The number of carbonyl (C=O) groups is 2. The molecule has 2 heterocycles. The monoisotopic (exact) mass is 461 g/mol. The lowest BCUT2D eigenvalue weighted by molar-refractivity contribution is 0.1000. The van der Waals surface area contributed by atoms with Crippen molar-refractivity contribution in [2.45, 2.75) is 50.3 Å². The van der Waals surface area contributed by atoms with E-state index < -0.39 is 21.8 Å². The van der Waals surface area contributed by atoms with Gasteiger partial charge in [-0.25, -0.2) is 8.42 Å². The van der Waals surface area contributed by atoms with Crippen LogP contribution in [0.25, 0.3) is 0 Å². The number of hydrogen-bond acceptors (Lipinski definition) is 5. The number of thiophene rings is 1. The third-order valence-corrected chi connectivity index (χ3v) is 9.17. The van der Waals surface area contributed by atoms with Gasteiger partial charge in [0.05, 0.1) is 10.5 Å². The molecule has 1 aliphatic heterocycles. The van der Waals surface area contributed by atoms with Gasteiger partial charge in [-0.2, -0.15) is 4.31 Å². The lowest BCUT2D eigenvalue weighted by Gasteiger charge is -2.25. The summed E-state index contributed by atoms with van der Waals surface area (Å²) in [6.07, 6.45) is 5.48. The lowest BCUT2D eigenvalue weighted by Crippen LogP contribution is -2.35. The van der Waals surface area contributed by atoms with Crippen molar-refractivity contribution in [1.82, 2.24) is 4.31 Å². The first-order chi connectivity index (χ1) is 14.8. The summed E-state index contributed by atoms with van der Waals surface area (Å²) >= 11 is 1.41. The summed E-state index contributed by atoms with van der Waals surface area (Å²) < 4.78 is 27.1. The van der Waals surface area contributed by atoms with Gasteiger partial charge in [-0.15, -0.1) is 11.3 Å². The van der Waals surface area contributed by atoms with Crippen LogP contribution in [-0.4, -0.2) is 37.6 Å². The van der Waals surface area contributed by atoms with Gasteiger partial charge < -0.3 is 11.1 Å². The second-order valence-electron chi connectivity index (χ2n) is 8.36. The number of carbonyl (C=O) groups excluding carboxylic acids is 2. The minimum absolute atomic E-state index is 0.185. The summed E-state index contributed by atoms with van der Waals surface area (Å²) in [5.41, 5.74) is 7.31. The molecule has 166 valence electrons. The maximum Gasteiger partial charge on any atom is 0.256 e. The van der Waals surface area contributed by atoms with Crippen molar-refractivity contribution >= 4 is 38.2 Å². The molecular weight excluding hydrogens is 434 g/mol. The van der Waals surface area contributed by atoms with E-state index in [-0.39, 0.29) is 4.90 Å². The Morgan fingerprint density at radius 1 is 1.13 bits per heavy atom. The van der Waals surface area contributed by atoms with Gasteiger partial charge in [0.2, 0.25) is 10.0 Å². The highest BCUT2D eigenvalue weighted by Gasteiger charge is 2.28. The average Bonchev–Trinajstić information content (AvgIpc) is 3.11. The molecular formula is C22H27N3O4S2. The fourth-order valence-corrected chi connectivity index (χ4v) is 7.08. The molecule has 0 spiro atoms. The van der Waals surface area contributed by atoms with Gasteiger partial charge in [-0.05, 0) is 67.9 Å². The Kier molecular flexibility index (Phi) is 6.18. The van der Waals surface area contributed by atoms with E-state index in [9.17, 15) is 18.0 Å². The van der Waals surface area contributed by atoms with Crippen molar-refractivity contribution in [1.29, 1.82) is 0 Å². The number of piperidine rings is 1. The van der Waals surface area contributed by atoms with Gasteiger partial charge >= 0.3 is 0 Å². The second kappa shape index (κ2) is 8.72. The molecule has 0 saturated carbocycles. The van der Waals surface area contributed by atoms with Crippen LogP contribution < -0.4 is 11.1 Å². The molecule has 1 aromatic heterocycles. The number of benzene rings is 1. The fourth-order valence-electron chi connectivity index (χ4n) is 4.31. The van der Waals surface area contributed by atoms with Gasteiger partial charge in [0.15, 0.2) is 0 Å². The summed E-state index contributed by atoms with van der Waals surface area (Å²) in [6.45, 7) is 3.20. The number of nitrogens with two attached hydrogens (primary N) is 1. The minimum Gasteiger partial charge on any atom is -0.365 e. The summed E-state index contributed by atoms with van der Waals surface area (Å²) in [4.78, 5) is 26.2. The third kappa shape index (κ3) is 4.40. The predicted molar refractivity (Wildman–Crippen MR) is 121 cm³/mol. The van der Waals surface area contributed by atoms with Crippen LogP contribution >= 0.6 is 11.3 Å². The molecule has 1 aromatic carbocycles. The average molecular weight is 462 g/mol. The number of hydrogen-bond donors (Lipinski definition) is 2. The Balaban J connectivity index is 1.54. The lowest BCUT2D eigenvalue weighted by atomic mass is 9.87. The normalized spacial score (nSPS) is 19.6. The second-order valence-corrected chi connectivity index (χ2v) is 11.4. The zero-order chi connectivity index (χ0) is 22.2. The van der Waals surface area contributed by atoms with Crippen LogP contribution in [0.4, 0.5) is 5.00 Å². The zero-order valence-electron chi connectivity index (χ0n) is 17.5. The number of sulfonamides is 1. The van der Waals surface area contributed by atoms with Crippen LogP contribution in [0.2, 0.25) is 0 Å². The standard InChI is InChI=1S/C22H27N3O4S2/c1-14-5-10-18-17(13-14)19(20(23)26)22(30-18)24-21(27)15-6-8-16(9-7-15)31(28,29)25-11-3-2-4-12-25/h6-9,14H,2-5,10-13H2,1H3,(H2,23,26)(H,24,27)/t14-/m0/s1. The molecule has 31 heavy (non-hydrogen) atoms. The number of anilines is 1. The van der Waals surface area contributed by atoms with Crippen LogP contribution in [0.5, 0.6) is 0 Å². The molecule has 1 aliphatic carbocycles. The van der Waals surface area contributed by atoms with E-state index in [2.05, 4.69) is 12.2 Å². The van der Waals surface area contributed by atoms with E-state index in [1.54, 1.807) is 0 Å². The molecule has 2 aromatic rings. The molecule has 3 N–H and O–H groups in total. The number of nitrogens with zero attached hydrogens (tertiary/aromatic N) is 1. The third-order valence-electron chi connectivity index (χ3n) is 6.05. The van der Waals surface area contributed by atoms with Crippen LogP contribution in [0, 0.1) is 5.92 Å². The Labute approximate surface area is 186 Å². The SMILES string of the molecule is C[C@H]1CCc2sc(NC(=O)c3ccc(S(=O)(=O)N4CCCCC4)cc3)c(C(N)=O)c2C1. The van der Waals surface area contributed by atoms with Crippen molar-refractivity contribution in [2.24, 2.45) is 11.7 Å². The fraction of sp³-hybridized carbons (Fsp3) is 0.455. The van der Waals surface area contributed by atoms with Crippen molar-refractivity contribution in [2.75, 3.05) is 18.4 Å². The zero-order valence-corrected chi connectivity index (χ0v) is 19.2. The molecule has 2 amide bonds. The van der Waals surface area contributed by atoms with Gasteiger partial charge in [0.1, 0.15) is 5.00 Å². The Bertz CT molecular complexity index is 1100. The minimum atomic E-state index is -3.55. The van der Waals surface area contributed by atoms with Crippen LogP contribution in [0.1, 0.15) is 63.8 Å². The first-order valence-corrected chi connectivity index (χ1v) is 12.9. The highest BCUT2D eigenvalue weighted by atomic mass is 32.2. The molecule has 7 nitrogen and oxygen atoms in total. The Hall–Kier alpha value is -2.23. The largest absolute Gasteiger partial charge is 0.365 e. The van der Waals surface area contributed by atoms with E-state index in [4.69, 9.17) is 5.73 Å². The summed E-state index contributed by atoms with van der Waals surface area (Å²) in [5.74, 6) is -0.459. The van der Waals surface area contributed by atoms with Gasteiger partial charge in [-0.1, -0.05) is 13.3 Å². The molecule has 0 bridgehead atoms. The molecule has 1 atom stereocenters. The quantitative estimate of drug-likeness (QED) is 0.711. The first kappa shape index (κ1) is 22.0. The number of nitrogens with one attached hydrogen (secondary N) is 1. The summed E-state index contributed by atoms with van der Waals surface area (Å²) in [5, 5.41) is 3.29. The van der Waals surface area contributed by atoms with Gasteiger partial charge in [0, 0.05) is 23.5 Å². The Morgan fingerprint density at radius 2 is 1.81 bits per heavy atom. The molecule has 0 radical (unpaired) electrons. The van der Waals surface area contributed by atoms with Gasteiger partial charge in [-0.3, -0.25) is 9.59 Å². The summed E-state index contributed by atoms with van der Waals surface area (Å²) in [6, 6.07) is 5.95. The van der Waals surface area contributed by atoms with E-state index in [0.717, 1.165) is 49.0 Å². The number of aryl methyl sites for hydroxylation is 1. The first-order valence-electron chi connectivity index (χ1n) is 10.6. The molecule has 1 saturated heterocycles. The maximum atomic E-state index is 12.8. The number of rotatable bonds is 5. The molecule has 4 rings (SSSR count). The van der Waals surface area contributed by atoms with Crippen molar-refractivity contribution in [3.63, 3.8) is 0 Å². The van der Waals surface area contributed by atoms with Gasteiger partial charge in [0.25, 0.3) is 11.8 Å². The van der Waals surface area contributed by atoms with E-state index in [0.29, 0.717) is 35.1 Å². The highest BCUT2D eigenvalue weighted by Crippen LogP contribution is 2.39. The van der Waals surface area contributed by atoms with Crippen molar-refractivity contribution in [3.05, 3.63) is 45.8 Å². The number of primary amides is 1. The van der Waals surface area contributed by atoms with Crippen molar-refractivity contribution < 1.29 is 18.0 Å². The summed E-state index contributed by atoms with van der Waals surface area (Å²) in [7, 11) is -3.55. The number of amides is 2. The topological polar surface area (TPSA) is 110 Å². The van der Waals surface area contributed by atoms with Crippen LogP contribution in [0.3, 0.4) is 0 Å². The van der Waals surface area contributed by atoms with Crippen LogP contribution in [0.15, 0.2) is 29.2 Å². The number of fused-ring (bicyclic) bond motifs is 1. The highest BCUT2D eigenvalue weighted by molar-refractivity contribution is 7.89.